The summed E-state index contributed by atoms with van der Waals surface area (Å²) in [6.45, 7) is 7.36. The van der Waals surface area contributed by atoms with Crippen LogP contribution < -0.4 is 0 Å². The number of nitrogens with zero attached hydrogens (tertiary/aromatic N) is 1. The summed E-state index contributed by atoms with van der Waals surface area (Å²) < 4.78 is 0. The van der Waals surface area contributed by atoms with E-state index in [1.54, 1.807) is 0 Å². The van der Waals surface area contributed by atoms with Gasteiger partial charge in [0, 0.05) is 12.4 Å². The summed E-state index contributed by atoms with van der Waals surface area (Å²) in [6.07, 6.45) is 6.37. The molecule has 0 aromatic carbocycles. The van der Waals surface area contributed by atoms with Gasteiger partial charge in [-0.25, -0.2) is 0 Å². The molecule has 1 fully saturated rings. The summed E-state index contributed by atoms with van der Waals surface area (Å²) >= 11 is 1.96. The number of rotatable bonds is 4. The molecule has 1 aliphatic rings. The molecular weight excluding hydrogens is 178 g/mol. The van der Waals surface area contributed by atoms with E-state index in [9.17, 15) is 0 Å². The molecule has 0 aliphatic carbocycles. The second kappa shape index (κ2) is 5.92. The van der Waals surface area contributed by atoms with Gasteiger partial charge in [-0.05, 0) is 31.1 Å². The van der Waals surface area contributed by atoms with Gasteiger partial charge in [-0.1, -0.05) is 26.7 Å². The molecule has 0 saturated carbocycles. The standard InChI is InChI=1S/C11H23NS/c1-4-10-6-7-12(9-13-3)8-11(10)5-2/h10-11H,4-9H2,1-3H3. The minimum atomic E-state index is 0.964. The van der Waals surface area contributed by atoms with Crippen LogP contribution in [0.15, 0.2) is 0 Å². The third-order valence-electron chi connectivity index (χ3n) is 3.34. The first-order valence-electron chi connectivity index (χ1n) is 5.53. The third-order valence-corrected chi connectivity index (χ3v) is 3.96. The SMILES string of the molecule is CCC1CCN(CSC)CC1CC. The number of hydrogen-bond acceptors (Lipinski definition) is 2. The van der Waals surface area contributed by atoms with Crippen LogP contribution in [-0.4, -0.2) is 30.1 Å². The Labute approximate surface area is 87.3 Å². The summed E-state index contributed by atoms with van der Waals surface area (Å²) in [5, 5.41) is 0. The lowest BCUT2D eigenvalue weighted by Gasteiger charge is -2.37. The van der Waals surface area contributed by atoms with Gasteiger partial charge in [0.2, 0.25) is 0 Å². The van der Waals surface area contributed by atoms with Crippen LogP contribution in [0.4, 0.5) is 0 Å². The van der Waals surface area contributed by atoms with Crippen LogP contribution in [0.5, 0.6) is 0 Å². The summed E-state index contributed by atoms with van der Waals surface area (Å²) in [4.78, 5) is 2.62. The first-order chi connectivity index (χ1) is 6.31. The highest BCUT2D eigenvalue weighted by Gasteiger charge is 2.25. The molecule has 1 rings (SSSR count). The number of likely N-dealkylation sites (tertiary alicyclic amines) is 1. The van der Waals surface area contributed by atoms with E-state index in [2.05, 4.69) is 25.0 Å². The molecule has 2 heteroatoms. The van der Waals surface area contributed by atoms with Crippen molar-refractivity contribution in [3.63, 3.8) is 0 Å². The zero-order valence-corrected chi connectivity index (χ0v) is 10.1. The van der Waals surface area contributed by atoms with Crippen LogP contribution in [0.1, 0.15) is 33.1 Å². The maximum atomic E-state index is 2.62. The van der Waals surface area contributed by atoms with Gasteiger partial charge in [0.1, 0.15) is 0 Å². The monoisotopic (exact) mass is 201 g/mol. The zero-order valence-electron chi connectivity index (χ0n) is 9.25. The maximum absolute atomic E-state index is 2.62. The van der Waals surface area contributed by atoms with Crippen molar-refractivity contribution in [1.82, 2.24) is 4.90 Å². The molecule has 0 N–H and O–H groups in total. The quantitative estimate of drug-likeness (QED) is 0.688. The van der Waals surface area contributed by atoms with Crippen molar-refractivity contribution in [1.29, 1.82) is 0 Å². The summed E-state index contributed by atoms with van der Waals surface area (Å²) in [5.74, 6) is 3.20. The lowest BCUT2D eigenvalue weighted by Crippen LogP contribution is -2.39. The molecule has 0 radical (unpaired) electrons. The highest BCUT2D eigenvalue weighted by atomic mass is 32.2. The van der Waals surface area contributed by atoms with Gasteiger partial charge >= 0.3 is 0 Å². The first kappa shape index (κ1) is 11.4. The van der Waals surface area contributed by atoms with Crippen molar-refractivity contribution in [3.8, 4) is 0 Å². The second-order valence-corrected chi connectivity index (χ2v) is 4.96. The van der Waals surface area contributed by atoms with Crippen LogP contribution in [0.25, 0.3) is 0 Å². The molecule has 1 aliphatic heterocycles. The Kier molecular flexibility index (Phi) is 5.18. The van der Waals surface area contributed by atoms with Crippen molar-refractivity contribution in [3.05, 3.63) is 0 Å². The lowest BCUT2D eigenvalue weighted by atomic mass is 9.82. The lowest BCUT2D eigenvalue weighted by molar-refractivity contribution is 0.131. The van der Waals surface area contributed by atoms with Crippen molar-refractivity contribution in [2.45, 2.75) is 33.1 Å². The fraction of sp³-hybridized carbons (Fsp3) is 1.00. The number of hydrogen-bond donors (Lipinski definition) is 0. The summed E-state index contributed by atoms with van der Waals surface area (Å²) in [7, 11) is 0. The van der Waals surface area contributed by atoms with E-state index < -0.39 is 0 Å². The minimum absolute atomic E-state index is 0.964. The Morgan fingerprint density at radius 2 is 1.92 bits per heavy atom. The van der Waals surface area contributed by atoms with Gasteiger partial charge in [0.15, 0.2) is 0 Å². The van der Waals surface area contributed by atoms with Crippen LogP contribution >= 0.6 is 11.8 Å². The van der Waals surface area contributed by atoms with Crippen molar-refractivity contribution in [2.24, 2.45) is 11.8 Å². The van der Waals surface area contributed by atoms with Gasteiger partial charge in [-0.2, -0.15) is 0 Å². The Hall–Kier alpha value is 0.310. The van der Waals surface area contributed by atoms with Gasteiger partial charge < -0.3 is 0 Å². The maximum Gasteiger partial charge on any atom is 0.0441 e. The Morgan fingerprint density at radius 3 is 2.46 bits per heavy atom. The molecule has 0 bridgehead atoms. The van der Waals surface area contributed by atoms with Gasteiger partial charge in [-0.15, -0.1) is 11.8 Å². The van der Waals surface area contributed by atoms with Crippen LogP contribution in [0, 0.1) is 11.8 Å². The molecule has 0 spiro atoms. The first-order valence-corrected chi connectivity index (χ1v) is 6.92. The average molecular weight is 201 g/mol. The third kappa shape index (κ3) is 3.17. The minimum Gasteiger partial charge on any atom is -0.294 e. The van der Waals surface area contributed by atoms with E-state index in [4.69, 9.17) is 0 Å². The highest BCUT2D eigenvalue weighted by molar-refractivity contribution is 7.98. The van der Waals surface area contributed by atoms with Crippen molar-refractivity contribution >= 4 is 11.8 Å². The van der Waals surface area contributed by atoms with Crippen LogP contribution in [-0.2, 0) is 0 Å². The normalized spacial score (nSPS) is 30.7. The second-order valence-electron chi connectivity index (χ2n) is 4.12. The summed E-state index contributed by atoms with van der Waals surface area (Å²) in [5.41, 5.74) is 0. The largest absolute Gasteiger partial charge is 0.294 e. The number of thioether (sulfide) groups is 1. The molecule has 2 atom stereocenters. The van der Waals surface area contributed by atoms with Crippen molar-refractivity contribution in [2.75, 3.05) is 25.2 Å². The Morgan fingerprint density at radius 1 is 1.23 bits per heavy atom. The molecule has 0 aromatic heterocycles. The van der Waals surface area contributed by atoms with Gasteiger partial charge in [-0.3, -0.25) is 4.90 Å². The molecule has 1 saturated heterocycles. The van der Waals surface area contributed by atoms with Crippen molar-refractivity contribution < 1.29 is 0 Å². The van der Waals surface area contributed by atoms with Crippen LogP contribution in [0.2, 0.25) is 0 Å². The van der Waals surface area contributed by atoms with E-state index in [-0.39, 0.29) is 0 Å². The highest BCUT2D eigenvalue weighted by Crippen LogP contribution is 2.28. The fourth-order valence-corrected chi connectivity index (χ4v) is 3.06. The van der Waals surface area contributed by atoms with E-state index >= 15 is 0 Å². The fourth-order valence-electron chi connectivity index (χ4n) is 2.46. The van der Waals surface area contributed by atoms with E-state index in [0.29, 0.717) is 0 Å². The van der Waals surface area contributed by atoms with Gasteiger partial charge in [0.05, 0.1) is 0 Å². The number of piperidine rings is 1. The van der Waals surface area contributed by atoms with Gasteiger partial charge in [0.25, 0.3) is 0 Å². The smallest absolute Gasteiger partial charge is 0.0441 e. The molecule has 78 valence electrons. The average Bonchev–Trinajstić information content (AvgIpc) is 2.18. The van der Waals surface area contributed by atoms with E-state index in [1.165, 1.54) is 38.2 Å². The predicted octanol–water partition coefficient (Wildman–Crippen LogP) is 3.07. The molecule has 13 heavy (non-hydrogen) atoms. The molecule has 0 aromatic rings. The zero-order chi connectivity index (χ0) is 9.68. The van der Waals surface area contributed by atoms with E-state index in [0.717, 1.165) is 11.8 Å². The Bertz CT molecular complexity index is 138. The van der Waals surface area contributed by atoms with Crippen LogP contribution in [0.3, 0.4) is 0 Å². The molecule has 1 nitrogen and oxygen atoms in total. The summed E-state index contributed by atoms with van der Waals surface area (Å²) in [6, 6.07) is 0. The topological polar surface area (TPSA) is 3.24 Å². The molecule has 0 amide bonds. The van der Waals surface area contributed by atoms with E-state index in [1.807, 2.05) is 11.8 Å². The molecular formula is C11H23NS. The Balaban J connectivity index is 2.38. The molecule has 2 unspecified atom stereocenters. The predicted molar refractivity (Wildman–Crippen MR) is 62.1 cm³/mol. The molecule has 1 heterocycles.